The highest BCUT2D eigenvalue weighted by Gasteiger charge is 2.56. The van der Waals surface area contributed by atoms with Crippen molar-refractivity contribution >= 4 is 5.65 Å². The predicted octanol–water partition coefficient (Wildman–Crippen LogP) is 3.24. The molecule has 1 atom stereocenters. The molecule has 0 radical (unpaired) electrons. The van der Waals surface area contributed by atoms with Crippen LogP contribution < -0.4 is 10.3 Å². The molecule has 0 spiro atoms. The average molecular weight is 400 g/mol. The molecule has 0 aliphatic heterocycles. The fourth-order valence-electron chi connectivity index (χ4n) is 3.00. The molecular formula is C17H13F5N4O2. The van der Waals surface area contributed by atoms with Gasteiger partial charge in [-0.1, -0.05) is 0 Å². The van der Waals surface area contributed by atoms with Crippen LogP contribution in [0.3, 0.4) is 0 Å². The highest BCUT2D eigenvalue weighted by Crippen LogP contribution is 2.49. The van der Waals surface area contributed by atoms with E-state index >= 15 is 0 Å². The molecule has 0 N–H and O–H groups in total. The molecule has 3 heterocycles. The van der Waals surface area contributed by atoms with Gasteiger partial charge in [0.1, 0.15) is 11.4 Å². The summed E-state index contributed by atoms with van der Waals surface area (Å²) in [6.07, 6.45) is -1.75. The van der Waals surface area contributed by atoms with Crippen LogP contribution in [0.5, 0.6) is 5.75 Å². The average Bonchev–Trinajstić information content (AvgIpc) is 3.01. The molecule has 1 aliphatic rings. The van der Waals surface area contributed by atoms with Crippen molar-refractivity contribution in [2.45, 2.75) is 25.1 Å². The van der Waals surface area contributed by atoms with Gasteiger partial charge >= 0.3 is 6.18 Å². The third kappa shape index (κ3) is 3.10. The Bertz CT molecular complexity index is 1120. The zero-order valence-corrected chi connectivity index (χ0v) is 14.4. The van der Waals surface area contributed by atoms with E-state index in [2.05, 4.69) is 10.1 Å². The molecule has 0 bridgehead atoms. The van der Waals surface area contributed by atoms with Crippen LogP contribution in [0.15, 0.2) is 35.5 Å². The van der Waals surface area contributed by atoms with Gasteiger partial charge < -0.3 is 4.74 Å². The number of rotatable bonds is 4. The van der Waals surface area contributed by atoms with Crippen LogP contribution >= 0.6 is 0 Å². The third-order valence-electron chi connectivity index (χ3n) is 4.59. The molecule has 4 rings (SSSR count). The summed E-state index contributed by atoms with van der Waals surface area (Å²) in [5.41, 5.74) is -3.38. The van der Waals surface area contributed by atoms with Crippen LogP contribution in [0, 0.1) is 5.92 Å². The number of aromatic nitrogens is 4. The zero-order chi connectivity index (χ0) is 20.3. The van der Waals surface area contributed by atoms with E-state index in [0.29, 0.717) is 0 Å². The van der Waals surface area contributed by atoms with Crippen LogP contribution in [0.25, 0.3) is 16.8 Å². The molecule has 28 heavy (non-hydrogen) atoms. The third-order valence-corrected chi connectivity index (χ3v) is 4.59. The molecule has 1 fully saturated rings. The largest absolute Gasteiger partial charge is 0.497 e. The van der Waals surface area contributed by atoms with Crippen molar-refractivity contribution < 1.29 is 26.7 Å². The van der Waals surface area contributed by atoms with Crippen molar-refractivity contribution in [1.29, 1.82) is 0 Å². The number of methoxy groups -OCH3 is 1. The van der Waals surface area contributed by atoms with Crippen molar-refractivity contribution in [3.05, 3.63) is 46.8 Å². The first-order valence-corrected chi connectivity index (χ1v) is 8.18. The SMILES string of the molecule is COc1ccn2c(=O)c(-c3cnn(CC4CC4(F)F)c3)c(C(F)(F)F)nc2c1. The molecule has 0 saturated heterocycles. The van der Waals surface area contributed by atoms with Crippen LogP contribution in [-0.4, -0.2) is 32.2 Å². The van der Waals surface area contributed by atoms with Crippen molar-refractivity contribution in [2.75, 3.05) is 7.11 Å². The fourth-order valence-corrected chi connectivity index (χ4v) is 3.00. The summed E-state index contributed by atoms with van der Waals surface area (Å²) < 4.78 is 73.9. The second-order valence-corrected chi connectivity index (χ2v) is 6.55. The van der Waals surface area contributed by atoms with Gasteiger partial charge in [-0.2, -0.15) is 18.3 Å². The molecule has 11 heteroatoms. The molecule has 1 saturated carbocycles. The lowest BCUT2D eigenvalue weighted by atomic mass is 10.1. The molecular weight excluding hydrogens is 387 g/mol. The lowest BCUT2D eigenvalue weighted by Crippen LogP contribution is -2.24. The van der Waals surface area contributed by atoms with Gasteiger partial charge in [0, 0.05) is 42.9 Å². The van der Waals surface area contributed by atoms with Crippen molar-refractivity contribution in [1.82, 2.24) is 19.2 Å². The summed E-state index contributed by atoms with van der Waals surface area (Å²) in [4.78, 5) is 16.4. The van der Waals surface area contributed by atoms with E-state index in [4.69, 9.17) is 4.74 Å². The topological polar surface area (TPSA) is 61.4 Å². The summed E-state index contributed by atoms with van der Waals surface area (Å²) in [7, 11) is 1.33. The molecule has 0 amide bonds. The Kier molecular flexibility index (Phi) is 3.95. The van der Waals surface area contributed by atoms with Gasteiger partial charge in [-0.05, 0) is 6.07 Å². The van der Waals surface area contributed by atoms with Gasteiger partial charge in [-0.25, -0.2) is 13.8 Å². The summed E-state index contributed by atoms with van der Waals surface area (Å²) in [6, 6.07) is 2.62. The normalized spacial score (nSPS) is 18.4. The molecule has 1 unspecified atom stereocenters. The Morgan fingerprint density at radius 3 is 2.68 bits per heavy atom. The number of halogens is 5. The minimum atomic E-state index is -4.90. The minimum Gasteiger partial charge on any atom is -0.497 e. The molecule has 1 aliphatic carbocycles. The van der Waals surface area contributed by atoms with Crippen LogP contribution in [0.4, 0.5) is 22.0 Å². The Labute approximate surface area is 154 Å². The second-order valence-electron chi connectivity index (χ2n) is 6.55. The first-order valence-electron chi connectivity index (χ1n) is 8.18. The van der Waals surface area contributed by atoms with Crippen molar-refractivity contribution in [3.8, 4) is 16.9 Å². The maximum Gasteiger partial charge on any atom is 0.434 e. The van der Waals surface area contributed by atoms with E-state index in [-0.39, 0.29) is 29.9 Å². The highest BCUT2D eigenvalue weighted by molar-refractivity contribution is 5.66. The maximum absolute atomic E-state index is 13.6. The predicted molar refractivity (Wildman–Crippen MR) is 87.3 cm³/mol. The number of hydrogen-bond acceptors (Lipinski definition) is 4. The summed E-state index contributed by atoms with van der Waals surface area (Å²) in [6.45, 7) is -0.145. The first-order chi connectivity index (χ1) is 13.1. The van der Waals surface area contributed by atoms with E-state index in [9.17, 15) is 26.7 Å². The fraction of sp³-hybridized carbons (Fsp3) is 0.353. The molecule has 0 aromatic carbocycles. The van der Waals surface area contributed by atoms with Gasteiger partial charge in [0.05, 0.1) is 18.9 Å². The van der Waals surface area contributed by atoms with Gasteiger partial charge in [0.25, 0.3) is 11.5 Å². The Hall–Kier alpha value is -2.98. The second kappa shape index (κ2) is 6.01. The number of nitrogens with zero attached hydrogens (tertiary/aromatic N) is 4. The number of fused-ring (bicyclic) bond motifs is 1. The van der Waals surface area contributed by atoms with Gasteiger partial charge in [-0.3, -0.25) is 13.9 Å². The highest BCUT2D eigenvalue weighted by atomic mass is 19.4. The van der Waals surface area contributed by atoms with E-state index in [1.807, 2.05) is 0 Å². The quantitative estimate of drug-likeness (QED) is 0.631. The van der Waals surface area contributed by atoms with Gasteiger partial charge in [0.15, 0.2) is 5.69 Å². The summed E-state index contributed by atoms with van der Waals surface area (Å²) in [5, 5.41) is 3.83. The maximum atomic E-state index is 13.6. The minimum absolute atomic E-state index is 0.140. The van der Waals surface area contributed by atoms with E-state index in [1.165, 1.54) is 25.4 Å². The zero-order valence-electron chi connectivity index (χ0n) is 14.4. The Morgan fingerprint density at radius 1 is 1.36 bits per heavy atom. The van der Waals surface area contributed by atoms with E-state index in [0.717, 1.165) is 21.5 Å². The van der Waals surface area contributed by atoms with Crippen LogP contribution in [0.1, 0.15) is 12.1 Å². The lowest BCUT2D eigenvalue weighted by Gasteiger charge is -2.13. The van der Waals surface area contributed by atoms with Crippen LogP contribution in [0.2, 0.25) is 0 Å². The number of hydrogen-bond donors (Lipinski definition) is 0. The van der Waals surface area contributed by atoms with Crippen molar-refractivity contribution in [2.24, 2.45) is 5.92 Å². The Morgan fingerprint density at radius 2 is 2.07 bits per heavy atom. The monoisotopic (exact) mass is 400 g/mol. The number of alkyl halides is 5. The number of ether oxygens (including phenoxy) is 1. The Balaban J connectivity index is 1.85. The molecule has 6 nitrogen and oxygen atoms in total. The van der Waals surface area contributed by atoms with Gasteiger partial charge in [-0.15, -0.1) is 0 Å². The van der Waals surface area contributed by atoms with E-state index < -0.39 is 34.8 Å². The summed E-state index contributed by atoms with van der Waals surface area (Å²) in [5.74, 6) is -3.46. The molecule has 3 aromatic heterocycles. The standard InChI is InChI=1S/C17H13F5N4O2/c1-28-11-2-3-26-12(4-11)24-14(17(20,21)22)13(15(26)27)9-6-23-25(7-9)8-10-5-16(10,18)19/h2-4,6-7,10H,5,8H2,1H3. The first kappa shape index (κ1) is 18.4. The molecule has 3 aromatic rings. The van der Waals surface area contributed by atoms with Gasteiger partial charge in [0.2, 0.25) is 0 Å². The summed E-state index contributed by atoms with van der Waals surface area (Å²) >= 11 is 0. The molecule has 148 valence electrons. The van der Waals surface area contributed by atoms with Crippen molar-refractivity contribution in [3.63, 3.8) is 0 Å². The number of pyridine rings is 1. The van der Waals surface area contributed by atoms with Crippen LogP contribution in [-0.2, 0) is 12.7 Å². The smallest absolute Gasteiger partial charge is 0.434 e. The van der Waals surface area contributed by atoms with E-state index in [1.54, 1.807) is 0 Å². The lowest BCUT2D eigenvalue weighted by molar-refractivity contribution is -0.140.